The molecule has 2 aromatic carbocycles. The second-order valence-corrected chi connectivity index (χ2v) is 7.80. The highest BCUT2D eigenvalue weighted by atomic mass is 32.1. The largest absolute Gasteiger partial charge is 0.494 e. The molecular formula is C23H21N3O7S. The Morgan fingerprint density at radius 3 is 2.56 bits per heavy atom. The van der Waals surface area contributed by atoms with Crippen LogP contribution in [0.25, 0.3) is 0 Å². The van der Waals surface area contributed by atoms with E-state index in [0.29, 0.717) is 17.2 Å². The van der Waals surface area contributed by atoms with Gasteiger partial charge < -0.3 is 19.7 Å². The predicted molar refractivity (Wildman–Crippen MR) is 127 cm³/mol. The topological polar surface area (TPSA) is 128 Å². The van der Waals surface area contributed by atoms with Crippen molar-refractivity contribution in [1.82, 2.24) is 0 Å². The molecule has 3 rings (SSSR count). The van der Waals surface area contributed by atoms with Crippen LogP contribution in [-0.2, 0) is 9.53 Å². The van der Waals surface area contributed by atoms with Gasteiger partial charge in [-0.2, -0.15) is 0 Å². The van der Waals surface area contributed by atoms with Crippen LogP contribution in [0.3, 0.4) is 0 Å². The molecule has 0 unspecified atom stereocenters. The number of nitro groups is 1. The maximum absolute atomic E-state index is 12.7. The normalized spacial score (nSPS) is 10.3. The van der Waals surface area contributed by atoms with E-state index < -0.39 is 23.4 Å². The summed E-state index contributed by atoms with van der Waals surface area (Å²) in [6, 6.07) is 13.8. The number of nitrogens with zero attached hydrogens (tertiary/aromatic N) is 2. The summed E-state index contributed by atoms with van der Waals surface area (Å²) in [4.78, 5) is 50.1. The molecule has 0 radical (unpaired) electrons. The third kappa shape index (κ3) is 5.75. The molecule has 0 bridgehead atoms. The Morgan fingerprint density at radius 1 is 1.12 bits per heavy atom. The summed E-state index contributed by atoms with van der Waals surface area (Å²) in [7, 11) is 1.53. The summed E-state index contributed by atoms with van der Waals surface area (Å²) in [5.74, 6) is -1.59. The van der Waals surface area contributed by atoms with Crippen LogP contribution in [0.1, 0.15) is 27.0 Å². The third-order valence-electron chi connectivity index (χ3n) is 4.61. The molecule has 3 aromatic rings. The number of benzene rings is 2. The van der Waals surface area contributed by atoms with Crippen molar-refractivity contribution in [2.24, 2.45) is 0 Å². The van der Waals surface area contributed by atoms with Crippen molar-refractivity contribution in [1.29, 1.82) is 0 Å². The number of nitro benzene ring substituents is 1. The number of anilines is 2. The van der Waals surface area contributed by atoms with Crippen LogP contribution in [0.5, 0.6) is 5.75 Å². The van der Waals surface area contributed by atoms with Gasteiger partial charge in [-0.05, 0) is 42.6 Å². The Morgan fingerprint density at radius 2 is 1.88 bits per heavy atom. The van der Waals surface area contributed by atoms with Crippen LogP contribution in [0.15, 0.2) is 60.0 Å². The minimum Gasteiger partial charge on any atom is -0.494 e. The number of hydrogen-bond acceptors (Lipinski definition) is 8. The van der Waals surface area contributed by atoms with Gasteiger partial charge in [0.15, 0.2) is 6.61 Å². The van der Waals surface area contributed by atoms with Gasteiger partial charge in [-0.15, -0.1) is 11.3 Å². The van der Waals surface area contributed by atoms with Crippen LogP contribution in [0.2, 0.25) is 0 Å². The lowest BCUT2D eigenvalue weighted by atomic mass is 10.1. The Bertz CT molecular complexity index is 1210. The SMILES string of the molecule is CCOc1ccc(NC(=O)COC(=O)c2ccccc2N(C)C(=O)c2cccs2)c([N+](=O)[O-])c1. The number of thiophene rings is 1. The fourth-order valence-corrected chi connectivity index (χ4v) is 3.73. The van der Waals surface area contributed by atoms with Crippen LogP contribution in [0, 0.1) is 10.1 Å². The summed E-state index contributed by atoms with van der Waals surface area (Å²) in [6.07, 6.45) is 0. The maximum Gasteiger partial charge on any atom is 0.340 e. The molecule has 0 aliphatic carbocycles. The molecule has 176 valence electrons. The molecule has 0 aliphatic rings. The first kappa shape index (κ1) is 24.4. The highest BCUT2D eigenvalue weighted by Gasteiger charge is 2.22. The smallest absolute Gasteiger partial charge is 0.340 e. The zero-order valence-corrected chi connectivity index (χ0v) is 19.2. The number of esters is 1. The van der Waals surface area contributed by atoms with Crippen LogP contribution < -0.4 is 15.0 Å². The van der Waals surface area contributed by atoms with E-state index in [9.17, 15) is 24.5 Å². The second kappa shape index (κ2) is 11.1. The molecule has 1 aromatic heterocycles. The van der Waals surface area contributed by atoms with Gasteiger partial charge in [-0.1, -0.05) is 18.2 Å². The minimum atomic E-state index is -0.822. The molecule has 11 heteroatoms. The van der Waals surface area contributed by atoms with Crippen molar-refractivity contribution in [3.8, 4) is 5.75 Å². The molecule has 0 saturated heterocycles. The Hall–Kier alpha value is -4.25. The molecular weight excluding hydrogens is 462 g/mol. The van der Waals surface area contributed by atoms with E-state index in [1.54, 1.807) is 42.6 Å². The average Bonchev–Trinajstić information content (AvgIpc) is 3.37. The Labute approximate surface area is 198 Å². The number of amides is 2. The first-order valence-electron chi connectivity index (χ1n) is 10.1. The molecule has 34 heavy (non-hydrogen) atoms. The fraction of sp³-hybridized carbons (Fsp3) is 0.174. The van der Waals surface area contributed by atoms with E-state index in [2.05, 4.69) is 5.32 Å². The summed E-state index contributed by atoms with van der Waals surface area (Å²) in [5, 5.41) is 15.5. The minimum absolute atomic E-state index is 0.0591. The molecule has 0 aliphatic heterocycles. The lowest BCUT2D eigenvalue weighted by Gasteiger charge is -2.19. The van der Waals surface area contributed by atoms with Gasteiger partial charge in [0.05, 0.1) is 33.7 Å². The fourth-order valence-electron chi connectivity index (χ4n) is 3.03. The average molecular weight is 484 g/mol. The van der Waals surface area contributed by atoms with Crippen molar-refractivity contribution in [2.75, 3.05) is 30.5 Å². The zero-order valence-electron chi connectivity index (χ0n) is 18.3. The number of rotatable bonds is 9. The molecule has 10 nitrogen and oxygen atoms in total. The van der Waals surface area contributed by atoms with Gasteiger partial charge in [0, 0.05) is 7.05 Å². The van der Waals surface area contributed by atoms with Crippen LogP contribution in [0.4, 0.5) is 17.1 Å². The van der Waals surface area contributed by atoms with Gasteiger partial charge in [-0.3, -0.25) is 19.7 Å². The van der Waals surface area contributed by atoms with Crippen LogP contribution >= 0.6 is 11.3 Å². The number of para-hydroxylation sites is 1. The van der Waals surface area contributed by atoms with Crippen molar-refractivity contribution in [3.05, 3.63) is 80.5 Å². The maximum atomic E-state index is 12.7. The monoisotopic (exact) mass is 483 g/mol. The molecule has 0 fully saturated rings. The van der Waals surface area contributed by atoms with Crippen LogP contribution in [-0.4, -0.2) is 43.0 Å². The number of nitrogens with one attached hydrogen (secondary N) is 1. The predicted octanol–water partition coefficient (Wildman–Crippen LogP) is 4.13. The number of hydrogen-bond donors (Lipinski definition) is 1. The molecule has 0 spiro atoms. The van der Waals surface area contributed by atoms with Gasteiger partial charge in [0.1, 0.15) is 11.4 Å². The van der Waals surface area contributed by atoms with Gasteiger partial charge in [0.25, 0.3) is 17.5 Å². The summed E-state index contributed by atoms with van der Waals surface area (Å²) in [5.41, 5.74) is -0.0101. The van der Waals surface area contributed by atoms with E-state index in [-0.39, 0.29) is 28.6 Å². The van der Waals surface area contributed by atoms with Crippen molar-refractivity contribution in [3.63, 3.8) is 0 Å². The van der Waals surface area contributed by atoms with E-state index in [1.165, 1.54) is 47.5 Å². The zero-order chi connectivity index (χ0) is 24.7. The second-order valence-electron chi connectivity index (χ2n) is 6.85. The summed E-state index contributed by atoms with van der Waals surface area (Å²) >= 11 is 1.27. The van der Waals surface area contributed by atoms with E-state index in [1.807, 2.05) is 0 Å². The number of carbonyl (C=O) groups is 3. The molecule has 0 atom stereocenters. The first-order chi connectivity index (χ1) is 16.3. The summed E-state index contributed by atoms with van der Waals surface area (Å²) in [6.45, 7) is 1.39. The molecule has 0 saturated carbocycles. The van der Waals surface area contributed by atoms with Crippen molar-refractivity contribution in [2.45, 2.75) is 6.92 Å². The Balaban J connectivity index is 1.68. The molecule has 2 amide bonds. The highest BCUT2D eigenvalue weighted by Crippen LogP contribution is 2.29. The lowest BCUT2D eigenvalue weighted by molar-refractivity contribution is -0.384. The van der Waals surface area contributed by atoms with Crippen molar-refractivity contribution < 1.29 is 28.8 Å². The van der Waals surface area contributed by atoms with Gasteiger partial charge in [-0.25, -0.2) is 4.79 Å². The quantitative estimate of drug-likeness (QED) is 0.275. The number of ether oxygens (including phenoxy) is 2. The molecule has 1 heterocycles. The first-order valence-corrected chi connectivity index (χ1v) is 11.0. The summed E-state index contributed by atoms with van der Waals surface area (Å²) < 4.78 is 10.3. The standard InChI is InChI=1S/C23H21N3O7S/c1-3-32-15-10-11-17(19(13-15)26(30)31)24-21(27)14-33-23(29)16-7-4-5-8-18(16)25(2)22(28)20-9-6-12-34-20/h4-13H,3,14H2,1-2H3,(H,24,27). The highest BCUT2D eigenvalue weighted by molar-refractivity contribution is 7.12. The van der Waals surface area contributed by atoms with Gasteiger partial charge in [0.2, 0.25) is 0 Å². The lowest BCUT2D eigenvalue weighted by Crippen LogP contribution is -2.28. The van der Waals surface area contributed by atoms with Gasteiger partial charge >= 0.3 is 5.97 Å². The third-order valence-corrected chi connectivity index (χ3v) is 5.47. The van der Waals surface area contributed by atoms with Crippen molar-refractivity contribution >= 4 is 46.2 Å². The Kier molecular flexibility index (Phi) is 7.93. The van der Waals surface area contributed by atoms with E-state index in [4.69, 9.17) is 9.47 Å². The van der Waals surface area contributed by atoms with E-state index >= 15 is 0 Å². The molecule has 1 N–H and O–H groups in total. The number of carbonyl (C=O) groups excluding carboxylic acids is 3. The van der Waals surface area contributed by atoms with E-state index in [0.717, 1.165) is 0 Å².